The highest BCUT2D eigenvalue weighted by molar-refractivity contribution is 6.05. The predicted molar refractivity (Wildman–Crippen MR) is 93.2 cm³/mol. The number of fused-ring (bicyclic) bond motifs is 3. The number of hydrogen-bond donors (Lipinski definition) is 1. The van der Waals surface area contributed by atoms with Crippen LogP contribution in [0.15, 0.2) is 23.3 Å². The van der Waals surface area contributed by atoms with Gasteiger partial charge in [-0.1, -0.05) is 19.1 Å². The minimum Gasteiger partial charge on any atom is -0.461 e. The molecular formula is C20H26O6. The molecule has 0 amide bonds. The van der Waals surface area contributed by atoms with E-state index in [0.29, 0.717) is 11.1 Å². The second-order valence-corrected chi connectivity index (χ2v) is 7.87. The summed E-state index contributed by atoms with van der Waals surface area (Å²) in [5.41, 5.74) is -1.24. The van der Waals surface area contributed by atoms with E-state index in [1.54, 1.807) is 13.0 Å². The molecule has 3 aliphatic carbocycles. The van der Waals surface area contributed by atoms with Crippen LogP contribution in [0.3, 0.4) is 0 Å². The maximum Gasteiger partial charge on any atom is 0.302 e. The molecule has 0 aliphatic heterocycles. The molecule has 0 saturated heterocycles. The van der Waals surface area contributed by atoms with E-state index in [9.17, 15) is 19.5 Å². The molecule has 3 rings (SSSR count). The Balaban J connectivity index is 2.13. The van der Waals surface area contributed by atoms with E-state index in [2.05, 4.69) is 0 Å². The maximum absolute atomic E-state index is 13.0. The van der Waals surface area contributed by atoms with Crippen molar-refractivity contribution in [1.29, 1.82) is 0 Å². The lowest BCUT2D eigenvalue weighted by Gasteiger charge is -2.49. The largest absolute Gasteiger partial charge is 0.461 e. The van der Waals surface area contributed by atoms with Crippen LogP contribution in [0.5, 0.6) is 0 Å². The van der Waals surface area contributed by atoms with Gasteiger partial charge in [0.25, 0.3) is 0 Å². The first-order valence-corrected chi connectivity index (χ1v) is 9.00. The lowest BCUT2D eigenvalue weighted by atomic mass is 9.60. The third-order valence-corrected chi connectivity index (χ3v) is 6.28. The zero-order valence-corrected chi connectivity index (χ0v) is 15.7. The molecular weight excluding hydrogens is 336 g/mol. The van der Waals surface area contributed by atoms with Gasteiger partial charge in [0.05, 0.1) is 5.60 Å². The van der Waals surface area contributed by atoms with Gasteiger partial charge in [0, 0.05) is 45.1 Å². The summed E-state index contributed by atoms with van der Waals surface area (Å²) in [7, 11) is 1.48. The number of ether oxygens (including phenoxy) is 2. The van der Waals surface area contributed by atoms with Crippen LogP contribution in [-0.2, 0) is 23.9 Å². The molecule has 6 nitrogen and oxygen atoms in total. The monoisotopic (exact) mass is 362 g/mol. The quantitative estimate of drug-likeness (QED) is 0.608. The Morgan fingerprint density at radius 2 is 2.00 bits per heavy atom. The molecule has 0 bridgehead atoms. The predicted octanol–water partition coefficient (Wildman–Crippen LogP) is 1.76. The van der Waals surface area contributed by atoms with Crippen molar-refractivity contribution in [3.05, 3.63) is 23.3 Å². The molecule has 142 valence electrons. The molecule has 5 atom stereocenters. The summed E-state index contributed by atoms with van der Waals surface area (Å²) < 4.78 is 10.9. The zero-order valence-electron chi connectivity index (χ0n) is 15.7. The molecule has 0 spiro atoms. The van der Waals surface area contributed by atoms with Crippen LogP contribution < -0.4 is 0 Å². The van der Waals surface area contributed by atoms with E-state index in [1.165, 1.54) is 14.0 Å². The number of hydrogen-bond acceptors (Lipinski definition) is 6. The molecule has 1 fully saturated rings. The molecule has 0 aromatic heterocycles. The average molecular weight is 362 g/mol. The summed E-state index contributed by atoms with van der Waals surface area (Å²) in [6, 6.07) is 0. The summed E-state index contributed by atoms with van der Waals surface area (Å²) in [5.74, 6) is -1.80. The summed E-state index contributed by atoms with van der Waals surface area (Å²) in [6.45, 7) is 4.92. The number of carbonyl (C=O) groups excluding carboxylic acids is 3. The van der Waals surface area contributed by atoms with Crippen molar-refractivity contribution in [2.45, 2.75) is 51.2 Å². The minimum absolute atomic E-state index is 0.0225. The van der Waals surface area contributed by atoms with E-state index in [4.69, 9.17) is 9.47 Å². The van der Waals surface area contributed by atoms with Crippen molar-refractivity contribution in [2.75, 3.05) is 13.7 Å². The lowest BCUT2D eigenvalue weighted by molar-refractivity contribution is -0.176. The molecule has 1 N–H and O–H groups in total. The first kappa shape index (κ1) is 19.0. The molecule has 0 aromatic carbocycles. The van der Waals surface area contributed by atoms with Gasteiger partial charge < -0.3 is 14.6 Å². The molecule has 6 heteroatoms. The Morgan fingerprint density at radius 3 is 2.62 bits per heavy atom. The Bertz CT molecular complexity index is 720. The van der Waals surface area contributed by atoms with Crippen LogP contribution in [0.1, 0.15) is 40.0 Å². The fraction of sp³-hybridized carbons (Fsp3) is 0.650. The Hall–Kier alpha value is -1.79. The Kier molecular flexibility index (Phi) is 4.69. The van der Waals surface area contributed by atoms with Crippen LogP contribution in [-0.4, -0.2) is 47.6 Å². The van der Waals surface area contributed by atoms with Gasteiger partial charge in [-0.2, -0.15) is 0 Å². The zero-order chi connectivity index (χ0) is 19.3. The van der Waals surface area contributed by atoms with Gasteiger partial charge in [-0.15, -0.1) is 0 Å². The fourth-order valence-electron chi connectivity index (χ4n) is 4.99. The first-order valence-electron chi connectivity index (χ1n) is 9.00. The van der Waals surface area contributed by atoms with Gasteiger partial charge in [-0.3, -0.25) is 14.4 Å². The number of esters is 1. The summed E-state index contributed by atoms with van der Waals surface area (Å²) in [5, 5.41) is 11.8. The highest BCUT2D eigenvalue weighted by Gasteiger charge is 2.64. The average Bonchev–Trinajstić information content (AvgIpc) is 2.76. The van der Waals surface area contributed by atoms with E-state index in [-0.39, 0.29) is 43.4 Å². The molecule has 0 radical (unpaired) electrons. The third-order valence-electron chi connectivity index (χ3n) is 6.28. The summed E-state index contributed by atoms with van der Waals surface area (Å²) in [4.78, 5) is 36.5. The van der Waals surface area contributed by atoms with Crippen LogP contribution in [0.25, 0.3) is 0 Å². The molecule has 0 aromatic rings. The van der Waals surface area contributed by atoms with E-state index < -0.39 is 29.0 Å². The standard InChI is InChI=1S/C20H26O6/c1-11-5-17-19(25-4,18(11)23)9-14(10-26-13(3)21)7-15-8-16(22)6-12(2)20(15,17)24/h5,7,12,15,17,24H,6,8-10H2,1-4H3. The van der Waals surface area contributed by atoms with Crippen molar-refractivity contribution in [2.24, 2.45) is 17.8 Å². The van der Waals surface area contributed by atoms with Crippen molar-refractivity contribution >= 4 is 17.5 Å². The number of ketones is 2. The molecule has 5 unspecified atom stereocenters. The highest BCUT2D eigenvalue weighted by atomic mass is 16.5. The van der Waals surface area contributed by atoms with Crippen LogP contribution >= 0.6 is 0 Å². The van der Waals surface area contributed by atoms with Gasteiger partial charge in [-0.05, 0) is 24.0 Å². The van der Waals surface area contributed by atoms with Crippen molar-refractivity contribution in [3.63, 3.8) is 0 Å². The summed E-state index contributed by atoms with van der Waals surface area (Å²) >= 11 is 0. The molecule has 0 heterocycles. The normalized spacial score (nSPS) is 39.5. The number of aliphatic hydroxyl groups is 1. The maximum atomic E-state index is 13.0. The Labute approximate surface area is 153 Å². The van der Waals surface area contributed by atoms with Gasteiger partial charge in [-0.25, -0.2) is 0 Å². The minimum atomic E-state index is -1.27. The number of rotatable bonds is 3. The Morgan fingerprint density at radius 1 is 1.31 bits per heavy atom. The number of carbonyl (C=O) groups is 3. The fourth-order valence-corrected chi connectivity index (χ4v) is 4.99. The van der Waals surface area contributed by atoms with Crippen molar-refractivity contribution < 1.29 is 29.0 Å². The second-order valence-electron chi connectivity index (χ2n) is 7.87. The summed E-state index contributed by atoms with van der Waals surface area (Å²) in [6.07, 6.45) is 4.34. The van der Waals surface area contributed by atoms with Gasteiger partial charge >= 0.3 is 5.97 Å². The van der Waals surface area contributed by atoms with Crippen molar-refractivity contribution in [3.8, 4) is 0 Å². The molecule has 26 heavy (non-hydrogen) atoms. The first-order chi connectivity index (χ1) is 12.1. The van der Waals surface area contributed by atoms with Crippen LogP contribution in [0.4, 0.5) is 0 Å². The third kappa shape index (κ3) is 2.67. The molecule has 3 aliphatic rings. The topological polar surface area (TPSA) is 89.9 Å². The van der Waals surface area contributed by atoms with E-state index >= 15 is 0 Å². The van der Waals surface area contributed by atoms with Crippen molar-refractivity contribution in [1.82, 2.24) is 0 Å². The SMILES string of the molecule is COC12CC(COC(C)=O)=CC3CC(=O)CC(C)C3(O)C1C=C(C)C2=O. The van der Waals surface area contributed by atoms with E-state index in [1.807, 2.05) is 13.0 Å². The van der Waals surface area contributed by atoms with Crippen LogP contribution in [0.2, 0.25) is 0 Å². The number of Topliss-reactive ketones (excluding diaryl/α,β-unsaturated/α-hetero) is 2. The smallest absolute Gasteiger partial charge is 0.302 e. The number of methoxy groups -OCH3 is 1. The van der Waals surface area contributed by atoms with Gasteiger partial charge in [0.15, 0.2) is 5.78 Å². The highest BCUT2D eigenvalue weighted by Crippen LogP contribution is 2.55. The molecule has 1 saturated carbocycles. The van der Waals surface area contributed by atoms with Crippen LogP contribution in [0, 0.1) is 17.8 Å². The van der Waals surface area contributed by atoms with Gasteiger partial charge in [0.2, 0.25) is 0 Å². The van der Waals surface area contributed by atoms with E-state index in [0.717, 1.165) is 0 Å². The lowest BCUT2D eigenvalue weighted by Crippen LogP contribution is -2.60. The second kappa shape index (κ2) is 6.43. The van der Waals surface area contributed by atoms with Gasteiger partial charge in [0.1, 0.15) is 18.0 Å².